The molecule has 0 nitrogen and oxygen atoms in total. The fourth-order valence-electron chi connectivity index (χ4n) is 4.27. The van der Waals surface area contributed by atoms with E-state index >= 15 is 0 Å². The minimum atomic E-state index is -0.110. The van der Waals surface area contributed by atoms with Crippen LogP contribution in [0, 0.1) is 32.7 Å². The number of rotatable bonds is 4. The molecule has 0 unspecified atom stereocenters. The quantitative estimate of drug-likeness (QED) is 0.496. The summed E-state index contributed by atoms with van der Waals surface area (Å²) in [5.74, 6) is 1.66. The Balaban J connectivity index is 0.000000151. The van der Waals surface area contributed by atoms with Gasteiger partial charge in [-0.15, -0.1) is 0 Å². The first-order chi connectivity index (χ1) is 12.2. The summed E-state index contributed by atoms with van der Waals surface area (Å²) in [6.07, 6.45) is 8.51. The molecular weight excluding hydrogens is 307 g/mol. The zero-order chi connectivity index (χ0) is 17.6. The second kappa shape index (κ2) is 8.65. The van der Waals surface area contributed by atoms with Gasteiger partial charge in [-0.2, -0.15) is 0 Å². The van der Waals surface area contributed by atoms with Gasteiger partial charge in [0.25, 0.3) is 0 Å². The van der Waals surface area contributed by atoms with E-state index in [1.807, 2.05) is 0 Å². The third-order valence-corrected chi connectivity index (χ3v) is 6.08. The Hall–Kier alpha value is -1.63. The van der Waals surface area contributed by atoms with Crippen LogP contribution in [0.3, 0.4) is 0 Å². The van der Waals surface area contributed by atoms with Gasteiger partial charge in [0.05, 0.1) is 6.67 Å². The van der Waals surface area contributed by atoms with Gasteiger partial charge < -0.3 is 0 Å². The number of hydrogen-bond donors (Lipinski definition) is 0. The molecule has 2 aromatic carbocycles. The first kappa shape index (κ1) is 18.2. The number of aryl methyl sites for hydroxylation is 1. The fourth-order valence-corrected chi connectivity index (χ4v) is 4.27. The van der Waals surface area contributed by atoms with Gasteiger partial charge in [0.1, 0.15) is 0 Å². The monoisotopic (exact) mass is 338 g/mol. The van der Waals surface area contributed by atoms with E-state index < -0.39 is 0 Å². The van der Waals surface area contributed by atoms with E-state index in [2.05, 4.69) is 56.3 Å². The SMILES string of the molecule is CCC1CCC(CCF)CC1.CCc1cc2ccc1=c1ccc=2cc1. The van der Waals surface area contributed by atoms with E-state index in [4.69, 9.17) is 0 Å². The maximum Gasteiger partial charge on any atom is 0.0897 e. The minimum Gasteiger partial charge on any atom is -0.251 e. The molecule has 0 aromatic heterocycles. The molecule has 5 aliphatic rings. The molecule has 134 valence electrons. The van der Waals surface area contributed by atoms with Gasteiger partial charge in [0, 0.05) is 0 Å². The van der Waals surface area contributed by atoms with Crippen molar-refractivity contribution in [1.29, 1.82) is 0 Å². The highest BCUT2D eigenvalue weighted by Gasteiger charge is 2.19. The average molecular weight is 339 g/mol. The molecule has 1 fully saturated rings. The van der Waals surface area contributed by atoms with Crippen molar-refractivity contribution < 1.29 is 4.39 Å². The van der Waals surface area contributed by atoms with Crippen molar-refractivity contribution >= 4 is 0 Å². The zero-order valence-electron chi connectivity index (χ0n) is 15.7. The largest absolute Gasteiger partial charge is 0.251 e. The fraction of sp³-hybridized carbons (Fsp3) is 0.500. The van der Waals surface area contributed by atoms with Crippen molar-refractivity contribution in [1.82, 2.24) is 0 Å². The van der Waals surface area contributed by atoms with E-state index in [0.717, 1.165) is 18.8 Å². The molecule has 7 rings (SSSR count). The van der Waals surface area contributed by atoms with Crippen LogP contribution in [0.25, 0.3) is 0 Å². The molecule has 0 amide bonds. The Morgan fingerprint density at radius 1 is 0.800 bits per heavy atom. The molecule has 0 radical (unpaired) electrons. The summed E-state index contributed by atoms with van der Waals surface area (Å²) in [4.78, 5) is 0. The summed E-state index contributed by atoms with van der Waals surface area (Å²) in [6.45, 7) is 4.37. The van der Waals surface area contributed by atoms with Gasteiger partial charge in [-0.3, -0.25) is 4.39 Å². The molecule has 25 heavy (non-hydrogen) atoms. The summed E-state index contributed by atoms with van der Waals surface area (Å²) < 4.78 is 12.0. The van der Waals surface area contributed by atoms with Gasteiger partial charge in [-0.05, 0) is 51.1 Å². The van der Waals surface area contributed by atoms with Crippen molar-refractivity contribution in [3.63, 3.8) is 0 Å². The van der Waals surface area contributed by atoms with E-state index in [1.165, 1.54) is 58.5 Å². The van der Waals surface area contributed by atoms with Crippen molar-refractivity contribution in [2.45, 2.75) is 58.8 Å². The standard InChI is InChI=1S/C14H12.C10H19F/c1-2-10-9-13-7-8-14(10)12-5-3-11(13)4-6-12;1-2-9-3-5-10(6-4-9)7-8-11/h3-9H,2H2,1H3;9-10H,2-8H2,1H3. The Labute approximate surface area is 151 Å². The summed E-state index contributed by atoms with van der Waals surface area (Å²) >= 11 is 0. The van der Waals surface area contributed by atoms with Gasteiger partial charge >= 0.3 is 0 Å². The van der Waals surface area contributed by atoms with Crippen LogP contribution in [-0.4, -0.2) is 6.67 Å². The smallest absolute Gasteiger partial charge is 0.0897 e. The number of benzene rings is 2. The summed E-state index contributed by atoms with van der Waals surface area (Å²) in [5, 5.41) is 5.41. The molecule has 0 saturated heterocycles. The minimum absolute atomic E-state index is 0.110. The van der Waals surface area contributed by atoms with Gasteiger partial charge in [0.15, 0.2) is 0 Å². The third kappa shape index (κ3) is 4.32. The first-order valence-corrected chi connectivity index (χ1v) is 10.0. The summed E-state index contributed by atoms with van der Waals surface area (Å²) in [5.41, 5.74) is 1.46. The molecule has 4 bridgehead atoms. The topological polar surface area (TPSA) is 0 Å². The van der Waals surface area contributed by atoms with Crippen LogP contribution in [-0.2, 0) is 6.42 Å². The Kier molecular flexibility index (Phi) is 6.29. The lowest BCUT2D eigenvalue weighted by Crippen LogP contribution is -2.14. The van der Waals surface area contributed by atoms with Crippen LogP contribution >= 0.6 is 0 Å². The molecule has 0 atom stereocenters. The van der Waals surface area contributed by atoms with Gasteiger partial charge in [0.2, 0.25) is 0 Å². The van der Waals surface area contributed by atoms with Crippen LogP contribution in [0.5, 0.6) is 0 Å². The molecule has 2 aromatic rings. The second-order valence-electron chi connectivity index (χ2n) is 7.58. The molecule has 0 heterocycles. The molecule has 1 saturated carbocycles. The summed E-state index contributed by atoms with van der Waals surface area (Å²) in [7, 11) is 0. The predicted octanol–water partition coefficient (Wildman–Crippen LogP) is 6.70. The summed E-state index contributed by atoms with van der Waals surface area (Å²) in [6, 6.07) is 15.6. The first-order valence-electron chi connectivity index (χ1n) is 10.0. The molecule has 0 N–H and O–H groups in total. The average Bonchev–Trinajstić information content (AvgIpc) is 2.66. The zero-order valence-corrected chi connectivity index (χ0v) is 15.7. The predicted molar refractivity (Wildman–Crippen MR) is 104 cm³/mol. The number of halogens is 1. The Bertz CT molecular complexity index is 836. The van der Waals surface area contributed by atoms with E-state index in [0.29, 0.717) is 5.92 Å². The normalized spacial score (nSPS) is 20.6. The molecule has 0 aliphatic heterocycles. The van der Waals surface area contributed by atoms with Crippen LogP contribution < -0.4 is 0 Å². The van der Waals surface area contributed by atoms with Crippen molar-refractivity contribution in [3.05, 3.63) is 68.9 Å². The highest BCUT2D eigenvalue weighted by atomic mass is 19.1. The third-order valence-electron chi connectivity index (χ3n) is 6.08. The molecule has 1 heteroatoms. The maximum absolute atomic E-state index is 12.0. The van der Waals surface area contributed by atoms with Crippen molar-refractivity contribution in [2.24, 2.45) is 11.8 Å². The van der Waals surface area contributed by atoms with Gasteiger partial charge in [-0.25, -0.2) is 0 Å². The lowest BCUT2D eigenvalue weighted by Gasteiger charge is -2.26. The van der Waals surface area contributed by atoms with Crippen LogP contribution in [0.4, 0.5) is 4.39 Å². The lowest BCUT2D eigenvalue weighted by atomic mass is 9.80. The molecule has 5 aliphatic carbocycles. The second-order valence-corrected chi connectivity index (χ2v) is 7.58. The molecule has 0 spiro atoms. The Morgan fingerprint density at radius 3 is 2.00 bits per heavy atom. The van der Waals surface area contributed by atoms with Gasteiger partial charge in [-0.1, -0.05) is 88.4 Å². The van der Waals surface area contributed by atoms with E-state index in [-0.39, 0.29) is 6.67 Å². The van der Waals surface area contributed by atoms with E-state index in [9.17, 15) is 4.39 Å². The number of hydrogen-bond acceptors (Lipinski definition) is 0. The van der Waals surface area contributed by atoms with Crippen LogP contribution in [0.2, 0.25) is 0 Å². The lowest BCUT2D eigenvalue weighted by molar-refractivity contribution is 0.243. The number of alkyl halides is 1. The van der Waals surface area contributed by atoms with Crippen molar-refractivity contribution in [2.75, 3.05) is 6.67 Å². The highest BCUT2D eigenvalue weighted by molar-refractivity contribution is 5.29. The maximum atomic E-state index is 12.0. The van der Waals surface area contributed by atoms with Crippen LogP contribution in [0.15, 0.2) is 42.5 Å². The van der Waals surface area contributed by atoms with E-state index in [1.54, 1.807) is 0 Å². The highest BCUT2D eigenvalue weighted by Crippen LogP contribution is 2.32. The Morgan fingerprint density at radius 2 is 1.40 bits per heavy atom. The molecular formula is C24H31F. The van der Waals surface area contributed by atoms with Crippen LogP contribution in [0.1, 0.15) is 57.9 Å². The van der Waals surface area contributed by atoms with Crippen molar-refractivity contribution in [3.8, 4) is 0 Å².